The second kappa shape index (κ2) is 4.87. The van der Waals surface area contributed by atoms with Gasteiger partial charge in [-0.2, -0.15) is 4.68 Å². The Hall–Kier alpha value is -1.44. The number of esters is 1. The van der Waals surface area contributed by atoms with E-state index < -0.39 is 4.92 Å². The monoisotopic (exact) mass is 277 g/mol. The maximum Gasteiger partial charge on any atom is 0.404 e. The van der Waals surface area contributed by atoms with Crippen molar-refractivity contribution in [2.75, 3.05) is 7.11 Å². The number of carbonyl (C=O) groups excluding carboxylic acids is 1. The zero-order valence-electron chi connectivity index (χ0n) is 7.84. The average Bonchev–Trinajstić information content (AvgIpc) is 2.56. The second-order valence-electron chi connectivity index (χ2n) is 2.65. The molecule has 0 aliphatic heterocycles. The molecule has 0 fully saturated rings. The molecule has 82 valence electrons. The van der Waals surface area contributed by atoms with Gasteiger partial charge in [-0.15, -0.1) is 0 Å². The van der Waals surface area contributed by atoms with Gasteiger partial charge in [-0.25, -0.2) is 0 Å². The van der Waals surface area contributed by atoms with Crippen LogP contribution in [0.25, 0.3) is 0 Å². The number of methoxy groups -OCH3 is 1. The molecule has 7 nitrogen and oxygen atoms in total. The number of nitrogens with zero attached hydrogens (tertiary/aromatic N) is 3. The van der Waals surface area contributed by atoms with Crippen LogP contribution >= 0.6 is 15.9 Å². The molecule has 0 atom stereocenters. The molecule has 0 aliphatic rings. The van der Waals surface area contributed by atoms with Crippen LogP contribution < -0.4 is 0 Å². The van der Waals surface area contributed by atoms with Crippen molar-refractivity contribution >= 4 is 27.7 Å². The van der Waals surface area contributed by atoms with Crippen LogP contribution in [-0.2, 0) is 16.1 Å². The van der Waals surface area contributed by atoms with Gasteiger partial charge in [0.2, 0.25) is 0 Å². The van der Waals surface area contributed by atoms with E-state index in [0.29, 0.717) is 0 Å². The third kappa shape index (κ3) is 3.01. The maximum absolute atomic E-state index is 10.8. The third-order valence-corrected chi connectivity index (χ3v) is 2.20. The van der Waals surface area contributed by atoms with E-state index in [2.05, 4.69) is 25.8 Å². The van der Waals surface area contributed by atoms with Gasteiger partial charge in [0.1, 0.15) is 4.47 Å². The number of aromatic nitrogens is 2. The summed E-state index contributed by atoms with van der Waals surface area (Å²) in [5.74, 6) is -0.649. The highest BCUT2D eigenvalue weighted by atomic mass is 79.9. The minimum atomic E-state index is -0.598. The second-order valence-corrected chi connectivity index (χ2v) is 3.50. The van der Waals surface area contributed by atoms with E-state index in [4.69, 9.17) is 0 Å². The first-order valence-corrected chi connectivity index (χ1v) is 4.78. The molecule has 0 aliphatic carbocycles. The molecule has 0 N–H and O–H groups in total. The highest BCUT2D eigenvalue weighted by Gasteiger charge is 2.18. The fourth-order valence-corrected chi connectivity index (χ4v) is 1.39. The van der Waals surface area contributed by atoms with Crippen LogP contribution in [0.2, 0.25) is 0 Å². The lowest BCUT2D eigenvalue weighted by atomic mass is 10.4. The van der Waals surface area contributed by atoms with Crippen molar-refractivity contribution in [3.8, 4) is 0 Å². The summed E-state index contributed by atoms with van der Waals surface area (Å²) >= 11 is 3.00. The molecule has 0 unspecified atom stereocenters. The van der Waals surface area contributed by atoms with Gasteiger partial charge in [-0.3, -0.25) is 4.79 Å². The Morgan fingerprint density at radius 3 is 2.93 bits per heavy atom. The Morgan fingerprint density at radius 1 is 1.80 bits per heavy atom. The maximum atomic E-state index is 10.8. The molecule has 8 heteroatoms. The number of carbonyl (C=O) groups is 1. The molecule has 0 saturated heterocycles. The third-order valence-electron chi connectivity index (χ3n) is 1.64. The van der Waals surface area contributed by atoms with Crippen LogP contribution in [0.5, 0.6) is 0 Å². The van der Waals surface area contributed by atoms with Crippen LogP contribution in [0.15, 0.2) is 10.7 Å². The molecular weight excluding hydrogens is 270 g/mol. The van der Waals surface area contributed by atoms with Crippen LogP contribution in [0.4, 0.5) is 5.82 Å². The smallest absolute Gasteiger partial charge is 0.404 e. The van der Waals surface area contributed by atoms with Gasteiger partial charge >= 0.3 is 11.8 Å². The van der Waals surface area contributed by atoms with E-state index in [1.54, 1.807) is 0 Å². The molecular formula is C7H8BrN3O4. The molecule has 0 spiro atoms. The van der Waals surface area contributed by atoms with E-state index in [1.165, 1.54) is 18.0 Å². The Bertz CT molecular complexity index is 390. The van der Waals surface area contributed by atoms with Gasteiger partial charge in [0.25, 0.3) is 0 Å². The fourth-order valence-electron chi connectivity index (χ4n) is 0.933. The molecule has 0 aromatic carbocycles. The summed E-state index contributed by atoms with van der Waals surface area (Å²) in [7, 11) is 1.28. The van der Waals surface area contributed by atoms with E-state index in [1.807, 2.05) is 0 Å². The normalized spacial score (nSPS) is 10.0. The van der Waals surface area contributed by atoms with E-state index in [0.717, 1.165) is 0 Å². The van der Waals surface area contributed by atoms with Gasteiger partial charge in [-0.05, 0) is 20.9 Å². The predicted molar refractivity (Wildman–Crippen MR) is 53.2 cm³/mol. The minimum Gasteiger partial charge on any atom is -0.469 e. The van der Waals surface area contributed by atoms with Gasteiger partial charge in [0, 0.05) is 0 Å². The molecule has 1 heterocycles. The predicted octanol–water partition coefficient (Wildman–Crippen LogP) is 1.12. The Labute approximate surface area is 93.3 Å². The topological polar surface area (TPSA) is 87.3 Å². The first-order chi connectivity index (χ1) is 7.04. The number of halogens is 1. The van der Waals surface area contributed by atoms with Crippen molar-refractivity contribution in [1.29, 1.82) is 0 Å². The van der Waals surface area contributed by atoms with Crippen LogP contribution in [-0.4, -0.2) is 27.8 Å². The molecule has 15 heavy (non-hydrogen) atoms. The number of rotatable bonds is 4. The lowest BCUT2D eigenvalue weighted by Crippen LogP contribution is -2.07. The SMILES string of the molecule is COC(=O)CCn1cc(Br)c([N+](=O)[O-])n1. The van der Waals surface area contributed by atoms with Crippen molar-refractivity contribution in [2.45, 2.75) is 13.0 Å². The quantitative estimate of drug-likeness (QED) is 0.468. The van der Waals surface area contributed by atoms with Crippen LogP contribution in [0.1, 0.15) is 6.42 Å². The van der Waals surface area contributed by atoms with E-state index in [-0.39, 0.29) is 29.2 Å². The summed E-state index contributed by atoms with van der Waals surface area (Å²) in [4.78, 5) is 20.6. The van der Waals surface area contributed by atoms with Crippen LogP contribution in [0.3, 0.4) is 0 Å². The molecule has 0 bridgehead atoms. The summed E-state index contributed by atoms with van der Waals surface area (Å²) in [6.45, 7) is 0.249. The minimum absolute atomic E-state index is 0.127. The molecule has 0 radical (unpaired) electrons. The Kier molecular flexibility index (Phi) is 3.78. The fraction of sp³-hybridized carbons (Fsp3) is 0.429. The molecule has 1 rings (SSSR count). The zero-order valence-corrected chi connectivity index (χ0v) is 9.43. The molecule has 1 aromatic heterocycles. The first-order valence-electron chi connectivity index (χ1n) is 3.98. The first kappa shape index (κ1) is 11.6. The average molecular weight is 278 g/mol. The summed E-state index contributed by atoms with van der Waals surface area (Å²) in [5.41, 5.74) is 0. The van der Waals surface area contributed by atoms with Crippen molar-refractivity contribution in [1.82, 2.24) is 9.78 Å². The zero-order chi connectivity index (χ0) is 11.4. The van der Waals surface area contributed by atoms with E-state index in [9.17, 15) is 14.9 Å². The Morgan fingerprint density at radius 2 is 2.47 bits per heavy atom. The van der Waals surface area contributed by atoms with Crippen molar-refractivity contribution in [2.24, 2.45) is 0 Å². The van der Waals surface area contributed by atoms with Gasteiger partial charge in [0.05, 0.1) is 31.4 Å². The summed E-state index contributed by atoms with van der Waals surface area (Å²) in [5, 5.41) is 14.1. The van der Waals surface area contributed by atoms with Crippen molar-refractivity contribution in [3.05, 3.63) is 20.8 Å². The van der Waals surface area contributed by atoms with Crippen LogP contribution in [0, 0.1) is 10.1 Å². The number of nitro groups is 1. The highest BCUT2D eigenvalue weighted by molar-refractivity contribution is 9.10. The van der Waals surface area contributed by atoms with Gasteiger partial charge in [0.15, 0.2) is 0 Å². The standard InChI is InChI=1S/C7H8BrN3O4/c1-15-6(12)2-3-10-4-5(8)7(9-10)11(13)14/h4H,2-3H2,1H3. The van der Waals surface area contributed by atoms with Gasteiger partial charge in [-0.1, -0.05) is 0 Å². The van der Waals surface area contributed by atoms with E-state index >= 15 is 0 Å². The van der Waals surface area contributed by atoms with Gasteiger partial charge < -0.3 is 14.9 Å². The Balaban J connectivity index is 2.67. The number of ether oxygens (including phenoxy) is 1. The lowest BCUT2D eigenvalue weighted by Gasteiger charge is -1.95. The summed E-state index contributed by atoms with van der Waals surface area (Å²) in [6.07, 6.45) is 1.57. The lowest BCUT2D eigenvalue weighted by molar-refractivity contribution is -0.390. The van der Waals surface area contributed by atoms with Crippen molar-refractivity contribution < 1.29 is 14.5 Å². The summed E-state index contributed by atoms with van der Waals surface area (Å²) < 4.78 is 6.04. The van der Waals surface area contributed by atoms with Crippen molar-refractivity contribution in [3.63, 3.8) is 0 Å². The molecule has 0 saturated carbocycles. The molecule has 0 amide bonds. The number of hydrogen-bond donors (Lipinski definition) is 0. The number of aryl methyl sites for hydroxylation is 1. The summed E-state index contributed by atoms with van der Waals surface area (Å²) in [6, 6.07) is 0. The highest BCUT2D eigenvalue weighted by Crippen LogP contribution is 2.21. The molecule has 1 aromatic rings. The number of hydrogen-bond acceptors (Lipinski definition) is 5. The largest absolute Gasteiger partial charge is 0.469 e.